The van der Waals surface area contributed by atoms with Crippen molar-refractivity contribution in [3.63, 3.8) is 0 Å². The van der Waals surface area contributed by atoms with Gasteiger partial charge < -0.3 is 68.0 Å². The Morgan fingerprint density at radius 2 is 1.59 bits per heavy atom. The SMILES string of the molecule is CC[C@H]1OC(=O)[C@H](C)[C@@H](O[C@H]2C[C@](C)(OC)[C@@H](O)[C@H](C)O2)[C@H](C)[C@@H](O[C@@H]2O[C@H](C)C[C@H](N(C)C)[C@H]2O)[C@](C)(O)C[C@@H](C)[C@@H]2N[C@@H](COCCOC)O[C@H]([C@H]2C)[C@]1(C)O. The first-order valence-corrected chi connectivity index (χ1v) is 21.4. The standard InChI is InChI=1S/C42H78N2O14/c1-15-29-42(10,49)37-24(4)32(43-30(56-37)21-52-17-16-50-13)22(2)19-40(8,48)36(58-39-33(45)28(44(11)12)18-23(3)53-39)25(5)34(26(6)38(47)55-29)57-31-20-41(9,51-14)35(46)27(7)54-31/h22-37,39,43,45-46,48-49H,15-21H2,1-14H3/t22-,23-,24+,25+,26-,27+,28+,29-,30-,31+,32+,33-,34+,35+,36-,37-,39+,40-,41+,42-/m1/s1. The van der Waals surface area contributed by atoms with Crippen LogP contribution in [0.2, 0.25) is 0 Å². The molecule has 16 heteroatoms. The molecule has 4 aliphatic heterocycles. The monoisotopic (exact) mass is 835 g/mol. The average Bonchev–Trinajstić information content (AvgIpc) is 3.15. The van der Waals surface area contributed by atoms with Crippen molar-refractivity contribution in [1.29, 1.82) is 0 Å². The molecule has 4 heterocycles. The molecule has 4 fully saturated rings. The lowest BCUT2D eigenvalue weighted by atomic mass is 9.71. The van der Waals surface area contributed by atoms with Gasteiger partial charge in [-0.3, -0.25) is 10.1 Å². The van der Waals surface area contributed by atoms with E-state index in [2.05, 4.69) is 5.32 Å². The van der Waals surface area contributed by atoms with Crippen LogP contribution >= 0.6 is 0 Å². The van der Waals surface area contributed by atoms with E-state index in [1.54, 1.807) is 41.7 Å². The highest BCUT2D eigenvalue weighted by molar-refractivity contribution is 5.73. The zero-order valence-electron chi connectivity index (χ0n) is 37.6. The number of likely N-dealkylation sites (N-methyl/N-ethyl adjacent to an activating group) is 1. The summed E-state index contributed by atoms with van der Waals surface area (Å²) in [6.45, 7) is 19.1. The van der Waals surface area contributed by atoms with E-state index in [4.69, 9.17) is 42.6 Å². The molecule has 0 amide bonds. The highest BCUT2D eigenvalue weighted by atomic mass is 16.7. The van der Waals surface area contributed by atoms with E-state index < -0.39 is 96.1 Å². The molecule has 4 rings (SSSR count). The van der Waals surface area contributed by atoms with Gasteiger partial charge in [-0.25, -0.2) is 0 Å². The lowest BCUT2D eigenvalue weighted by molar-refractivity contribution is -0.318. The first-order valence-electron chi connectivity index (χ1n) is 21.4. The molecule has 20 atom stereocenters. The Bertz CT molecular complexity index is 1290. The molecule has 0 aromatic rings. The van der Waals surface area contributed by atoms with E-state index in [1.165, 1.54) is 7.11 Å². The maximum atomic E-state index is 14.5. The number of nitrogens with one attached hydrogen (secondary N) is 1. The summed E-state index contributed by atoms with van der Waals surface area (Å²) in [6, 6.07) is -0.593. The number of hydrogen-bond donors (Lipinski definition) is 5. The highest BCUT2D eigenvalue weighted by Gasteiger charge is 2.55. The van der Waals surface area contributed by atoms with Gasteiger partial charge in [0, 0.05) is 44.6 Å². The van der Waals surface area contributed by atoms with Crippen molar-refractivity contribution in [2.45, 2.75) is 191 Å². The number of esters is 1. The minimum absolute atomic E-state index is 0.137. The van der Waals surface area contributed by atoms with E-state index in [0.717, 1.165) is 0 Å². The van der Waals surface area contributed by atoms with Gasteiger partial charge in [-0.05, 0) is 80.8 Å². The van der Waals surface area contributed by atoms with Crippen LogP contribution in [0.5, 0.6) is 0 Å². The Kier molecular flexibility index (Phi) is 17.4. The Balaban J connectivity index is 1.83. The van der Waals surface area contributed by atoms with Crippen LogP contribution in [0.25, 0.3) is 0 Å². The van der Waals surface area contributed by atoms with E-state index in [9.17, 15) is 25.2 Å². The topological polar surface area (TPSA) is 196 Å². The normalized spacial score (nSPS) is 48.7. The number of carbonyl (C=O) groups excluding carboxylic acids is 1. The molecule has 4 saturated heterocycles. The first-order chi connectivity index (χ1) is 27.0. The van der Waals surface area contributed by atoms with E-state index in [-0.39, 0.29) is 55.9 Å². The third kappa shape index (κ3) is 11.1. The molecule has 5 N–H and O–H groups in total. The van der Waals surface area contributed by atoms with Crippen LogP contribution in [0.3, 0.4) is 0 Å². The van der Waals surface area contributed by atoms with Gasteiger partial charge in [-0.1, -0.05) is 27.7 Å². The minimum Gasteiger partial charge on any atom is -0.459 e. The largest absolute Gasteiger partial charge is 0.459 e. The second-order valence-electron chi connectivity index (χ2n) is 18.6. The Labute approximate surface area is 346 Å². The maximum Gasteiger partial charge on any atom is 0.311 e. The number of carbonyl (C=O) groups is 1. The fraction of sp³-hybridized carbons (Fsp3) is 0.976. The predicted molar refractivity (Wildman–Crippen MR) is 214 cm³/mol. The number of ether oxygens (including phenoxy) is 9. The summed E-state index contributed by atoms with van der Waals surface area (Å²) in [4.78, 5) is 16.4. The average molecular weight is 835 g/mol. The summed E-state index contributed by atoms with van der Waals surface area (Å²) in [5.41, 5.74) is -4.27. The Hall–Kier alpha value is -1.09. The van der Waals surface area contributed by atoms with Gasteiger partial charge >= 0.3 is 5.97 Å². The summed E-state index contributed by atoms with van der Waals surface area (Å²) < 4.78 is 55.7. The van der Waals surface area contributed by atoms with Gasteiger partial charge in [0.2, 0.25) is 0 Å². The molecule has 0 spiro atoms. The lowest BCUT2D eigenvalue weighted by Gasteiger charge is -2.52. The van der Waals surface area contributed by atoms with Crippen LogP contribution in [-0.4, -0.2) is 176 Å². The number of methoxy groups -OCH3 is 2. The summed E-state index contributed by atoms with van der Waals surface area (Å²) >= 11 is 0. The van der Waals surface area contributed by atoms with Crippen LogP contribution in [0, 0.1) is 23.7 Å². The molecule has 2 bridgehead atoms. The van der Waals surface area contributed by atoms with Gasteiger partial charge in [0.15, 0.2) is 12.6 Å². The summed E-state index contributed by atoms with van der Waals surface area (Å²) in [5, 5.41) is 51.5. The lowest BCUT2D eigenvalue weighted by Crippen LogP contribution is -2.67. The molecule has 340 valence electrons. The van der Waals surface area contributed by atoms with E-state index >= 15 is 0 Å². The number of hydrogen-bond acceptors (Lipinski definition) is 16. The van der Waals surface area contributed by atoms with Crippen molar-refractivity contribution in [2.75, 3.05) is 48.1 Å². The molecule has 0 aliphatic carbocycles. The molecule has 58 heavy (non-hydrogen) atoms. The fourth-order valence-electron chi connectivity index (χ4n) is 10.0. The van der Waals surface area contributed by atoms with Crippen molar-refractivity contribution in [3.8, 4) is 0 Å². The van der Waals surface area contributed by atoms with Crippen molar-refractivity contribution in [1.82, 2.24) is 10.2 Å². The molecule has 0 saturated carbocycles. The molecule has 0 aromatic heterocycles. The van der Waals surface area contributed by atoms with Gasteiger partial charge in [0.1, 0.15) is 30.1 Å². The van der Waals surface area contributed by atoms with Gasteiger partial charge in [-0.15, -0.1) is 0 Å². The zero-order chi connectivity index (χ0) is 43.5. The molecule has 0 aromatic carbocycles. The highest BCUT2D eigenvalue weighted by Crippen LogP contribution is 2.43. The van der Waals surface area contributed by atoms with Gasteiger partial charge in [0.25, 0.3) is 0 Å². The molecule has 4 aliphatic rings. The third-order valence-corrected chi connectivity index (χ3v) is 13.5. The van der Waals surface area contributed by atoms with Crippen LogP contribution in [0.1, 0.15) is 94.9 Å². The van der Waals surface area contributed by atoms with E-state index in [1.807, 2.05) is 53.6 Å². The van der Waals surface area contributed by atoms with Crippen LogP contribution in [0.4, 0.5) is 0 Å². The second-order valence-corrected chi connectivity index (χ2v) is 18.6. The van der Waals surface area contributed by atoms with E-state index in [0.29, 0.717) is 19.6 Å². The van der Waals surface area contributed by atoms with Crippen molar-refractivity contribution >= 4 is 5.97 Å². The van der Waals surface area contributed by atoms with Crippen molar-refractivity contribution in [3.05, 3.63) is 0 Å². The van der Waals surface area contributed by atoms with Gasteiger partial charge in [-0.2, -0.15) is 0 Å². The van der Waals surface area contributed by atoms with Gasteiger partial charge in [0.05, 0.1) is 67.5 Å². The predicted octanol–water partition coefficient (Wildman–Crippen LogP) is 2.20. The number of rotatable bonds is 12. The summed E-state index contributed by atoms with van der Waals surface area (Å²) in [5.74, 6) is -2.95. The summed E-state index contributed by atoms with van der Waals surface area (Å²) in [6.07, 6.45) is -8.29. The Morgan fingerprint density at radius 3 is 2.19 bits per heavy atom. The quantitative estimate of drug-likeness (QED) is 0.142. The second kappa shape index (κ2) is 20.4. The zero-order valence-corrected chi connectivity index (χ0v) is 37.6. The molecular weight excluding hydrogens is 756 g/mol. The number of aliphatic hydroxyl groups excluding tert-OH is 2. The molecule has 0 unspecified atom stereocenters. The number of fused-ring (bicyclic) bond motifs is 2. The van der Waals surface area contributed by atoms with Crippen molar-refractivity contribution in [2.24, 2.45) is 23.7 Å². The maximum absolute atomic E-state index is 14.5. The minimum atomic E-state index is -1.64. The number of nitrogens with zero attached hydrogens (tertiary/aromatic N) is 1. The number of cyclic esters (lactones) is 1. The third-order valence-electron chi connectivity index (χ3n) is 13.5. The smallest absolute Gasteiger partial charge is 0.311 e. The molecule has 16 nitrogen and oxygen atoms in total. The Morgan fingerprint density at radius 1 is 0.914 bits per heavy atom. The number of aliphatic hydroxyl groups is 4. The fourth-order valence-corrected chi connectivity index (χ4v) is 10.0. The molecule has 0 radical (unpaired) electrons. The van der Waals surface area contributed by atoms with Crippen LogP contribution in [-0.2, 0) is 47.4 Å². The first kappa shape index (κ1) is 49.6. The summed E-state index contributed by atoms with van der Waals surface area (Å²) in [7, 11) is 6.90. The molecular formula is C42H78N2O14. The van der Waals surface area contributed by atoms with Crippen LogP contribution < -0.4 is 5.32 Å². The van der Waals surface area contributed by atoms with Crippen LogP contribution in [0.15, 0.2) is 0 Å². The van der Waals surface area contributed by atoms with Crippen molar-refractivity contribution < 1.29 is 67.9 Å².